The zero-order chi connectivity index (χ0) is 20.7. The lowest BCUT2D eigenvalue weighted by Gasteiger charge is -2.11. The molecule has 150 valence electrons. The minimum atomic E-state index is -4.49. The smallest absolute Gasteiger partial charge is 0.416 e. The van der Waals surface area contributed by atoms with E-state index >= 15 is 0 Å². The van der Waals surface area contributed by atoms with Crippen molar-refractivity contribution in [2.75, 3.05) is 26.1 Å². The Balaban J connectivity index is 1.98. The van der Waals surface area contributed by atoms with Crippen LogP contribution in [0.2, 0.25) is 0 Å². The van der Waals surface area contributed by atoms with Gasteiger partial charge < -0.3 is 19.6 Å². The van der Waals surface area contributed by atoms with Crippen LogP contribution < -0.4 is 14.8 Å². The van der Waals surface area contributed by atoms with Gasteiger partial charge in [0.2, 0.25) is 0 Å². The predicted molar refractivity (Wildman–Crippen MR) is 97.8 cm³/mol. The summed E-state index contributed by atoms with van der Waals surface area (Å²) in [6.07, 6.45) is -4.49. The van der Waals surface area contributed by atoms with E-state index in [0.29, 0.717) is 22.8 Å². The quantitative estimate of drug-likeness (QED) is 0.565. The number of benzene rings is 2. The van der Waals surface area contributed by atoms with Gasteiger partial charge in [-0.15, -0.1) is 0 Å². The zero-order valence-corrected chi connectivity index (χ0v) is 15.5. The van der Waals surface area contributed by atoms with Crippen molar-refractivity contribution >= 4 is 17.3 Å². The van der Waals surface area contributed by atoms with Crippen molar-refractivity contribution in [2.24, 2.45) is 5.16 Å². The third kappa shape index (κ3) is 5.63. The number of hydrogen-bond acceptors (Lipinski definition) is 5. The monoisotopic (exact) mass is 396 g/mol. The fourth-order valence-electron chi connectivity index (χ4n) is 2.30. The summed E-state index contributed by atoms with van der Waals surface area (Å²) in [5.41, 5.74) is 0.251. The largest absolute Gasteiger partial charge is 0.497 e. The van der Waals surface area contributed by atoms with E-state index < -0.39 is 24.3 Å². The molecule has 0 aromatic heterocycles. The second-order valence-corrected chi connectivity index (χ2v) is 5.64. The number of carbonyl (C=O) groups is 1. The van der Waals surface area contributed by atoms with Gasteiger partial charge in [0.1, 0.15) is 11.5 Å². The van der Waals surface area contributed by atoms with Crippen molar-refractivity contribution in [3.8, 4) is 11.5 Å². The fourth-order valence-corrected chi connectivity index (χ4v) is 2.30. The summed E-state index contributed by atoms with van der Waals surface area (Å²) in [7, 11) is 3.02. The van der Waals surface area contributed by atoms with E-state index in [1.54, 1.807) is 25.1 Å². The molecule has 0 bridgehead atoms. The Bertz CT molecular complexity index is 866. The summed E-state index contributed by atoms with van der Waals surface area (Å²) in [6, 6.07) is 9.44. The standard InChI is InChI=1S/C19H19F3N2O4/c1-12(16-8-7-15(26-2)10-17(16)27-3)24-28-11-18(25)23-14-6-4-5-13(9-14)19(20,21)22/h4-10H,11H2,1-3H3,(H,23,25)/b24-12+. The first kappa shape index (κ1) is 21.1. The number of methoxy groups -OCH3 is 2. The van der Waals surface area contributed by atoms with Gasteiger partial charge >= 0.3 is 6.18 Å². The van der Waals surface area contributed by atoms with Gasteiger partial charge in [0.25, 0.3) is 5.91 Å². The highest BCUT2D eigenvalue weighted by Crippen LogP contribution is 2.30. The normalized spacial score (nSPS) is 11.7. The molecule has 0 radical (unpaired) electrons. The fraction of sp³-hybridized carbons (Fsp3) is 0.263. The second-order valence-electron chi connectivity index (χ2n) is 5.64. The number of hydrogen-bond donors (Lipinski definition) is 1. The van der Waals surface area contributed by atoms with Crippen LogP contribution in [0.25, 0.3) is 0 Å². The number of rotatable bonds is 7. The summed E-state index contributed by atoms with van der Waals surface area (Å²) in [5.74, 6) is 0.477. The van der Waals surface area contributed by atoms with E-state index in [9.17, 15) is 18.0 Å². The van der Waals surface area contributed by atoms with Gasteiger partial charge in [-0.2, -0.15) is 13.2 Å². The first-order valence-electron chi connectivity index (χ1n) is 8.10. The van der Waals surface area contributed by atoms with Crippen molar-refractivity contribution in [1.29, 1.82) is 0 Å². The molecule has 0 aliphatic rings. The minimum absolute atomic E-state index is 0.0148. The van der Waals surface area contributed by atoms with Gasteiger partial charge in [-0.1, -0.05) is 11.2 Å². The van der Waals surface area contributed by atoms with Gasteiger partial charge in [0.05, 0.1) is 25.5 Å². The van der Waals surface area contributed by atoms with Crippen LogP contribution in [0.4, 0.5) is 18.9 Å². The summed E-state index contributed by atoms with van der Waals surface area (Å²) in [4.78, 5) is 16.9. The van der Waals surface area contributed by atoms with E-state index in [0.717, 1.165) is 12.1 Å². The molecule has 2 aromatic rings. The number of nitrogens with one attached hydrogen (secondary N) is 1. The highest BCUT2D eigenvalue weighted by molar-refractivity contribution is 6.01. The Kier molecular flexibility index (Phi) is 6.86. The third-order valence-electron chi connectivity index (χ3n) is 3.67. The maximum absolute atomic E-state index is 12.7. The van der Waals surface area contributed by atoms with Crippen LogP contribution in [-0.4, -0.2) is 32.4 Å². The minimum Gasteiger partial charge on any atom is -0.497 e. The van der Waals surface area contributed by atoms with Crippen LogP contribution in [0, 0.1) is 0 Å². The van der Waals surface area contributed by atoms with E-state index in [1.165, 1.54) is 26.4 Å². The molecule has 1 amide bonds. The molecule has 0 heterocycles. The van der Waals surface area contributed by atoms with Gasteiger partial charge in [-0.3, -0.25) is 4.79 Å². The molecule has 0 saturated heterocycles. The van der Waals surface area contributed by atoms with Gasteiger partial charge in [-0.25, -0.2) is 0 Å². The SMILES string of the molecule is COc1ccc(/C(C)=N/OCC(=O)Nc2cccc(C(F)(F)F)c2)c(OC)c1. The number of amides is 1. The molecule has 0 spiro atoms. The Morgan fingerprint density at radius 2 is 1.86 bits per heavy atom. The van der Waals surface area contributed by atoms with Crippen LogP contribution >= 0.6 is 0 Å². The van der Waals surface area contributed by atoms with Crippen molar-refractivity contribution < 1.29 is 32.3 Å². The van der Waals surface area contributed by atoms with Gasteiger partial charge in [0.15, 0.2) is 6.61 Å². The second kappa shape index (κ2) is 9.12. The average molecular weight is 396 g/mol. The Labute approximate surface area is 159 Å². The lowest BCUT2D eigenvalue weighted by atomic mass is 10.1. The maximum atomic E-state index is 12.7. The number of alkyl halides is 3. The average Bonchev–Trinajstić information content (AvgIpc) is 2.66. The van der Waals surface area contributed by atoms with Crippen molar-refractivity contribution in [3.63, 3.8) is 0 Å². The van der Waals surface area contributed by atoms with Crippen LogP contribution in [0.5, 0.6) is 11.5 Å². The van der Waals surface area contributed by atoms with E-state index in [2.05, 4.69) is 10.5 Å². The summed E-state index contributed by atoms with van der Waals surface area (Å²) < 4.78 is 48.5. The van der Waals surface area contributed by atoms with Crippen molar-refractivity contribution in [2.45, 2.75) is 13.1 Å². The Morgan fingerprint density at radius 3 is 2.50 bits per heavy atom. The molecule has 0 saturated carbocycles. The van der Waals surface area contributed by atoms with Crippen molar-refractivity contribution in [3.05, 3.63) is 53.6 Å². The van der Waals surface area contributed by atoms with Crippen LogP contribution in [0.1, 0.15) is 18.1 Å². The van der Waals surface area contributed by atoms with Crippen LogP contribution in [0.3, 0.4) is 0 Å². The number of oxime groups is 1. The molecule has 6 nitrogen and oxygen atoms in total. The molecule has 0 aliphatic heterocycles. The molecule has 9 heteroatoms. The summed E-state index contributed by atoms with van der Waals surface area (Å²) in [6.45, 7) is 1.20. The van der Waals surface area contributed by atoms with Crippen LogP contribution in [0.15, 0.2) is 47.6 Å². The number of ether oxygens (including phenoxy) is 2. The van der Waals surface area contributed by atoms with Crippen molar-refractivity contribution in [1.82, 2.24) is 0 Å². The van der Waals surface area contributed by atoms with E-state index in [4.69, 9.17) is 14.3 Å². The first-order valence-corrected chi connectivity index (χ1v) is 8.10. The number of halogens is 3. The molecule has 2 rings (SSSR count). The first-order chi connectivity index (χ1) is 13.2. The molecular formula is C19H19F3N2O4. The van der Waals surface area contributed by atoms with E-state index in [1.807, 2.05) is 0 Å². The molecule has 28 heavy (non-hydrogen) atoms. The number of carbonyl (C=O) groups excluding carboxylic acids is 1. The zero-order valence-electron chi connectivity index (χ0n) is 15.5. The number of anilines is 1. The third-order valence-corrected chi connectivity index (χ3v) is 3.67. The topological polar surface area (TPSA) is 69.2 Å². The predicted octanol–water partition coefficient (Wildman–Crippen LogP) is 4.10. The highest BCUT2D eigenvalue weighted by atomic mass is 19.4. The van der Waals surface area contributed by atoms with Gasteiger partial charge in [-0.05, 0) is 37.3 Å². The number of nitrogens with zero attached hydrogens (tertiary/aromatic N) is 1. The lowest BCUT2D eigenvalue weighted by molar-refractivity contribution is -0.137. The summed E-state index contributed by atoms with van der Waals surface area (Å²) in [5, 5.41) is 6.18. The van der Waals surface area contributed by atoms with Gasteiger partial charge in [0, 0.05) is 17.3 Å². The molecule has 0 unspecified atom stereocenters. The molecule has 1 N–H and O–H groups in total. The Hall–Kier alpha value is -3.23. The molecular weight excluding hydrogens is 377 g/mol. The lowest BCUT2D eigenvalue weighted by Crippen LogP contribution is -2.18. The molecule has 0 atom stereocenters. The molecule has 0 fully saturated rings. The highest BCUT2D eigenvalue weighted by Gasteiger charge is 2.30. The summed E-state index contributed by atoms with van der Waals surface area (Å²) >= 11 is 0. The van der Waals surface area contributed by atoms with Crippen LogP contribution in [-0.2, 0) is 15.8 Å². The maximum Gasteiger partial charge on any atom is 0.416 e. The molecule has 0 aliphatic carbocycles. The Morgan fingerprint density at radius 1 is 1.11 bits per heavy atom. The van der Waals surface area contributed by atoms with E-state index in [-0.39, 0.29) is 5.69 Å². The molecule has 2 aromatic carbocycles.